The molecule has 0 saturated heterocycles. The number of aromatic nitrogens is 2. The number of thioether (sulfide) groups is 1. The van der Waals surface area contributed by atoms with Crippen molar-refractivity contribution in [3.63, 3.8) is 0 Å². The van der Waals surface area contributed by atoms with Crippen molar-refractivity contribution in [2.45, 2.75) is 45.4 Å². The first-order valence-corrected chi connectivity index (χ1v) is 6.67. The molecule has 0 aliphatic carbocycles. The predicted molar refractivity (Wildman–Crippen MR) is 73.2 cm³/mol. The van der Waals surface area contributed by atoms with Crippen LogP contribution >= 0.6 is 11.8 Å². The van der Waals surface area contributed by atoms with Crippen LogP contribution < -0.4 is 5.32 Å². The van der Waals surface area contributed by atoms with Crippen molar-refractivity contribution in [2.24, 2.45) is 7.05 Å². The minimum Gasteiger partial charge on any atom is -0.379 e. The summed E-state index contributed by atoms with van der Waals surface area (Å²) in [7, 11) is 1.97. The molecular weight excluding hydrogens is 218 g/mol. The Bertz CT molecular complexity index is 339. The molecule has 0 fully saturated rings. The average Bonchev–Trinajstić information content (AvgIpc) is 2.46. The van der Waals surface area contributed by atoms with Gasteiger partial charge in [-0.15, -0.1) is 0 Å². The maximum atomic E-state index is 4.23. The number of anilines is 1. The van der Waals surface area contributed by atoms with Crippen molar-refractivity contribution in [3.05, 3.63) is 11.9 Å². The Kier molecular flexibility index (Phi) is 4.30. The Labute approximate surface area is 103 Å². The molecule has 1 atom stereocenters. The molecule has 92 valence electrons. The smallest absolute Gasteiger partial charge is 0.0758 e. The zero-order valence-electron chi connectivity index (χ0n) is 11.2. The molecule has 1 N–H and O–H groups in total. The molecule has 1 rings (SSSR count). The summed E-state index contributed by atoms with van der Waals surface area (Å²) in [6.45, 7) is 11.0. The molecule has 0 spiro atoms. The van der Waals surface area contributed by atoms with Gasteiger partial charge in [-0.2, -0.15) is 16.9 Å². The summed E-state index contributed by atoms with van der Waals surface area (Å²) in [5.74, 6) is 1.11. The normalized spacial score (nSPS) is 13.9. The fraction of sp³-hybridized carbons (Fsp3) is 0.750. The fourth-order valence-corrected chi connectivity index (χ4v) is 2.16. The second-order valence-corrected chi connectivity index (χ2v) is 7.08. The summed E-state index contributed by atoms with van der Waals surface area (Å²) in [5, 5.41) is 7.72. The van der Waals surface area contributed by atoms with E-state index in [1.807, 2.05) is 29.7 Å². The second kappa shape index (κ2) is 5.13. The number of nitrogens with one attached hydrogen (secondary N) is 1. The zero-order valence-corrected chi connectivity index (χ0v) is 12.0. The number of aryl methyl sites for hydroxylation is 1. The second-order valence-electron chi connectivity index (χ2n) is 5.24. The van der Waals surface area contributed by atoms with Crippen LogP contribution in [0.5, 0.6) is 0 Å². The first-order chi connectivity index (χ1) is 7.29. The van der Waals surface area contributed by atoms with Crippen LogP contribution in [0.3, 0.4) is 0 Å². The van der Waals surface area contributed by atoms with E-state index in [0.29, 0.717) is 10.8 Å². The fourth-order valence-electron chi connectivity index (χ4n) is 1.32. The maximum Gasteiger partial charge on any atom is 0.0758 e. The Morgan fingerprint density at radius 1 is 1.50 bits per heavy atom. The standard InChI is InChI=1S/C12H23N3S/c1-9(8-16-12(3,4)5)14-11-7-13-15(6)10(11)2/h7,9,14H,8H2,1-6H3. The molecule has 1 heterocycles. The summed E-state index contributed by atoms with van der Waals surface area (Å²) in [4.78, 5) is 0. The Balaban J connectivity index is 2.46. The monoisotopic (exact) mass is 241 g/mol. The van der Waals surface area contributed by atoms with Gasteiger partial charge in [-0.3, -0.25) is 4.68 Å². The largest absolute Gasteiger partial charge is 0.379 e. The summed E-state index contributed by atoms with van der Waals surface area (Å²) in [6.07, 6.45) is 1.90. The molecule has 3 nitrogen and oxygen atoms in total. The summed E-state index contributed by atoms with van der Waals surface area (Å²) in [5.41, 5.74) is 2.33. The molecule has 16 heavy (non-hydrogen) atoms. The van der Waals surface area contributed by atoms with E-state index >= 15 is 0 Å². The Hall–Kier alpha value is -0.640. The molecule has 0 bridgehead atoms. The van der Waals surface area contributed by atoms with Gasteiger partial charge in [-0.25, -0.2) is 0 Å². The average molecular weight is 241 g/mol. The lowest BCUT2D eigenvalue weighted by Gasteiger charge is -2.21. The lowest BCUT2D eigenvalue weighted by molar-refractivity contribution is 0.739. The van der Waals surface area contributed by atoms with Crippen LogP contribution in [0, 0.1) is 6.92 Å². The molecule has 0 radical (unpaired) electrons. The highest BCUT2D eigenvalue weighted by molar-refractivity contribution is 8.00. The number of hydrogen-bond donors (Lipinski definition) is 1. The van der Waals surface area contributed by atoms with Gasteiger partial charge in [0.25, 0.3) is 0 Å². The van der Waals surface area contributed by atoms with Crippen molar-refractivity contribution < 1.29 is 0 Å². The lowest BCUT2D eigenvalue weighted by atomic mass is 10.3. The third-order valence-corrected chi connectivity index (χ3v) is 3.94. The van der Waals surface area contributed by atoms with Gasteiger partial charge in [-0.05, 0) is 13.8 Å². The molecule has 1 aromatic rings. The van der Waals surface area contributed by atoms with E-state index in [4.69, 9.17) is 0 Å². The molecule has 0 aliphatic rings. The van der Waals surface area contributed by atoms with Gasteiger partial charge in [0.05, 0.1) is 17.6 Å². The van der Waals surface area contributed by atoms with Crippen LogP contribution in [0.25, 0.3) is 0 Å². The van der Waals surface area contributed by atoms with Crippen LogP contribution in [0.15, 0.2) is 6.20 Å². The van der Waals surface area contributed by atoms with Gasteiger partial charge in [0.1, 0.15) is 0 Å². The number of nitrogens with zero attached hydrogens (tertiary/aromatic N) is 2. The molecule has 0 amide bonds. The van der Waals surface area contributed by atoms with Crippen molar-refractivity contribution in [3.8, 4) is 0 Å². The Morgan fingerprint density at radius 2 is 2.12 bits per heavy atom. The zero-order chi connectivity index (χ0) is 12.3. The van der Waals surface area contributed by atoms with Gasteiger partial charge in [0, 0.05) is 23.6 Å². The third kappa shape index (κ3) is 4.08. The summed E-state index contributed by atoms with van der Waals surface area (Å²) >= 11 is 1.98. The van der Waals surface area contributed by atoms with E-state index in [1.165, 1.54) is 5.69 Å². The Morgan fingerprint density at radius 3 is 2.56 bits per heavy atom. The van der Waals surface area contributed by atoms with E-state index in [-0.39, 0.29) is 0 Å². The van der Waals surface area contributed by atoms with Crippen molar-refractivity contribution in [1.29, 1.82) is 0 Å². The SMILES string of the molecule is Cc1c(NC(C)CSC(C)(C)C)cnn1C. The van der Waals surface area contributed by atoms with Crippen molar-refractivity contribution in [1.82, 2.24) is 9.78 Å². The quantitative estimate of drug-likeness (QED) is 0.878. The van der Waals surface area contributed by atoms with E-state index in [0.717, 1.165) is 11.4 Å². The van der Waals surface area contributed by atoms with E-state index < -0.39 is 0 Å². The van der Waals surface area contributed by atoms with Crippen LogP contribution in [0.1, 0.15) is 33.4 Å². The highest BCUT2D eigenvalue weighted by Gasteiger charge is 2.14. The molecule has 1 unspecified atom stereocenters. The van der Waals surface area contributed by atoms with Gasteiger partial charge < -0.3 is 5.32 Å². The highest BCUT2D eigenvalue weighted by atomic mass is 32.2. The third-order valence-electron chi connectivity index (χ3n) is 2.40. The molecule has 0 saturated carbocycles. The first-order valence-electron chi connectivity index (χ1n) is 5.68. The highest BCUT2D eigenvalue weighted by Crippen LogP contribution is 2.24. The molecular formula is C12H23N3S. The van der Waals surface area contributed by atoms with Gasteiger partial charge >= 0.3 is 0 Å². The van der Waals surface area contributed by atoms with Gasteiger partial charge in [0.2, 0.25) is 0 Å². The van der Waals surface area contributed by atoms with Crippen LogP contribution in [-0.4, -0.2) is 26.3 Å². The van der Waals surface area contributed by atoms with Crippen LogP contribution in [-0.2, 0) is 7.05 Å². The summed E-state index contributed by atoms with van der Waals surface area (Å²) < 4.78 is 2.23. The number of rotatable bonds is 4. The molecule has 0 aromatic carbocycles. The maximum absolute atomic E-state index is 4.23. The molecule has 4 heteroatoms. The minimum absolute atomic E-state index is 0.333. The van der Waals surface area contributed by atoms with E-state index in [1.54, 1.807) is 0 Å². The van der Waals surface area contributed by atoms with E-state index in [9.17, 15) is 0 Å². The van der Waals surface area contributed by atoms with Crippen LogP contribution in [0.4, 0.5) is 5.69 Å². The van der Waals surface area contributed by atoms with Crippen LogP contribution in [0.2, 0.25) is 0 Å². The minimum atomic E-state index is 0.333. The summed E-state index contributed by atoms with van der Waals surface area (Å²) in [6, 6.07) is 0.465. The topological polar surface area (TPSA) is 29.9 Å². The predicted octanol–water partition coefficient (Wildman–Crippen LogP) is 3.06. The molecule has 0 aliphatic heterocycles. The first kappa shape index (κ1) is 13.4. The lowest BCUT2D eigenvalue weighted by Crippen LogP contribution is -2.21. The van der Waals surface area contributed by atoms with Gasteiger partial charge in [0.15, 0.2) is 0 Å². The van der Waals surface area contributed by atoms with Crippen molar-refractivity contribution in [2.75, 3.05) is 11.1 Å². The van der Waals surface area contributed by atoms with Gasteiger partial charge in [-0.1, -0.05) is 20.8 Å². The number of hydrogen-bond acceptors (Lipinski definition) is 3. The van der Waals surface area contributed by atoms with Crippen molar-refractivity contribution >= 4 is 17.4 Å². The molecule has 1 aromatic heterocycles. The van der Waals surface area contributed by atoms with E-state index in [2.05, 4.69) is 45.0 Å².